The minimum atomic E-state index is -0.141. The van der Waals surface area contributed by atoms with Crippen LogP contribution in [0.4, 0.5) is 5.69 Å². The highest BCUT2D eigenvalue weighted by Gasteiger charge is 2.21. The topological polar surface area (TPSA) is 66.5 Å². The van der Waals surface area contributed by atoms with E-state index in [-0.39, 0.29) is 30.4 Å². The van der Waals surface area contributed by atoms with Gasteiger partial charge in [0, 0.05) is 43.6 Å². The minimum Gasteiger partial charge on any atom is -0.352 e. The molecule has 28 heavy (non-hydrogen) atoms. The predicted molar refractivity (Wildman–Crippen MR) is 109 cm³/mol. The van der Waals surface area contributed by atoms with Crippen LogP contribution in [0.25, 0.3) is 0 Å². The zero-order chi connectivity index (χ0) is 19.9. The monoisotopic (exact) mass is 378 g/mol. The Hall–Kier alpha value is -2.95. The van der Waals surface area contributed by atoms with E-state index >= 15 is 0 Å². The molecule has 0 unspecified atom stereocenters. The molecule has 1 saturated heterocycles. The Bertz CT molecular complexity index is 841. The van der Waals surface area contributed by atoms with E-state index in [1.54, 1.807) is 4.90 Å². The Morgan fingerprint density at radius 3 is 2.25 bits per heavy atom. The van der Waals surface area contributed by atoms with Gasteiger partial charge in [-0.1, -0.05) is 43.3 Å². The number of nitrogens with one attached hydrogen (secondary N) is 1. The molecule has 5 nitrogen and oxygen atoms in total. The van der Waals surface area contributed by atoms with Crippen LogP contribution in [0.1, 0.15) is 54.1 Å². The molecular formula is C23H26N2O3. The second kappa shape index (κ2) is 9.31. The van der Waals surface area contributed by atoms with Gasteiger partial charge < -0.3 is 10.2 Å². The Kier molecular flexibility index (Phi) is 6.58. The lowest BCUT2D eigenvalue weighted by Gasteiger charge is -2.16. The molecule has 146 valence electrons. The van der Waals surface area contributed by atoms with Crippen molar-refractivity contribution in [2.24, 2.45) is 0 Å². The molecule has 0 aromatic heterocycles. The molecular weight excluding hydrogens is 352 g/mol. The Balaban J connectivity index is 1.43. The summed E-state index contributed by atoms with van der Waals surface area (Å²) >= 11 is 0. The summed E-state index contributed by atoms with van der Waals surface area (Å²) in [4.78, 5) is 37.8. The number of nitrogens with zero attached hydrogens (tertiary/aromatic N) is 1. The number of carbonyl (C=O) groups is 3. The van der Waals surface area contributed by atoms with Crippen molar-refractivity contribution in [1.29, 1.82) is 0 Å². The maximum atomic E-state index is 12.2. The molecule has 1 fully saturated rings. The maximum Gasteiger partial charge on any atom is 0.227 e. The molecule has 0 radical (unpaired) electrons. The van der Waals surface area contributed by atoms with Gasteiger partial charge in [0.15, 0.2) is 5.78 Å². The van der Waals surface area contributed by atoms with Crippen LogP contribution >= 0.6 is 0 Å². The van der Waals surface area contributed by atoms with Crippen LogP contribution in [-0.2, 0) is 22.6 Å². The highest BCUT2D eigenvalue weighted by atomic mass is 16.2. The lowest BCUT2D eigenvalue weighted by molar-refractivity contribution is -0.121. The summed E-state index contributed by atoms with van der Waals surface area (Å²) in [6.07, 6.45) is 2.83. The Morgan fingerprint density at radius 1 is 0.964 bits per heavy atom. The highest BCUT2D eigenvalue weighted by molar-refractivity contribution is 5.98. The molecule has 1 aliphatic heterocycles. The zero-order valence-corrected chi connectivity index (χ0v) is 16.2. The second-order valence-electron chi connectivity index (χ2n) is 7.07. The number of ketones is 1. The SMILES string of the molecule is CCc1ccc(C(=O)CCC(=O)NCc2ccc(N3CCCC3=O)cc2)cc1. The first kappa shape index (κ1) is 19.8. The smallest absolute Gasteiger partial charge is 0.227 e. The van der Waals surface area contributed by atoms with Crippen molar-refractivity contribution in [2.75, 3.05) is 11.4 Å². The number of aryl methyl sites for hydroxylation is 1. The molecule has 5 heteroatoms. The summed E-state index contributed by atoms with van der Waals surface area (Å²) in [7, 11) is 0. The van der Waals surface area contributed by atoms with Crippen molar-refractivity contribution >= 4 is 23.3 Å². The number of rotatable bonds is 8. The van der Waals surface area contributed by atoms with Crippen molar-refractivity contribution in [3.63, 3.8) is 0 Å². The van der Waals surface area contributed by atoms with Crippen LogP contribution in [0.15, 0.2) is 48.5 Å². The average molecular weight is 378 g/mol. The number of Topliss-reactive ketones (excluding diaryl/α,β-unsaturated/α-hetero) is 1. The van der Waals surface area contributed by atoms with E-state index in [9.17, 15) is 14.4 Å². The average Bonchev–Trinajstić information content (AvgIpc) is 3.16. The van der Waals surface area contributed by atoms with Gasteiger partial charge >= 0.3 is 0 Å². The van der Waals surface area contributed by atoms with Gasteiger partial charge in [-0.15, -0.1) is 0 Å². The van der Waals surface area contributed by atoms with E-state index in [2.05, 4.69) is 12.2 Å². The summed E-state index contributed by atoms with van der Waals surface area (Å²) in [6, 6.07) is 15.2. The normalized spacial score (nSPS) is 13.6. The summed E-state index contributed by atoms with van der Waals surface area (Å²) < 4.78 is 0. The molecule has 0 aliphatic carbocycles. The first-order chi connectivity index (χ1) is 13.6. The van der Waals surface area contributed by atoms with Gasteiger partial charge in [-0.25, -0.2) is 0 Å². The summed E-state index contributed by atoms with van der Waals surface area (Å²) in [5, 5.41) is 2.85. The van der Waals surface area contributed by atoms with Crippen LogP contribution in [0.3, 0.4) is 0 Å². The molecule has 2 aromatic carbocycles. The zero-order valence-electron chi connectivity index (χ0n) is 16.2. The van der Waals surface area contributed by atoms with Crippen molar-refractivity contribution in [2.45, 2.75) is 45.6 Å². The van der Waals surface area contributed by atoms with Crippen molar-refractivity contribution in [1.82, 2.24) is 5.32 Å². The highest BCUT2D eigenvalue weighted by Crippen LogP contribution is 2.21. The van der Waals surface area contributed by atoms with E-state index in [1.807, 2.05) is 48.5 Å². The van der Waals surface area contributed by atoms with Gasteiger partial charge in [-0.3, -0.25) is 14.4 Å². The molecule has 0 bridgehead atoms. The largest absolute Gasteiger partial charge is 0.352 e. The van der Waals surface area contributed by atoms with E-state index < -0.39 is 0 Å². The first-order valence-corrected chi connectivity index (χ1v) is 9.85. The summed E-state index contributed by atoms with van der Waals surface area (Å²) in [6.45, 7) is 3.25. The van der Waals surface area contributed by atoms with Crippen LogP contribution in [0.5, 0.6) is 0 Å². The summed E-state index contributed by atoms with van der Waals surface area (Å²) in [5.74, 6) is 0.00446. The molecule has 2 amide bonds. The standard InChI is InChI=1S/C23H26N2O3/c1-2-17-5-9-19(10-6-17)21(26)13-14-22(27)24-16-18-7-11-20(12-8-18)25-15-3-4-23(25)28/h5-12H,2-4,13-16H2,1H3,(H,24,27). The van der Waals surface area contributed by atoms with Crippen LogP contribution in [-0.4, -0.2) is 24.1 Å². The Morgan fingerprint density at radius 2 is 1.64 bits per heavy atom. The summed E-state index contributed by atoms with van der Waals surface area (Å²) in [5.41, 5.74) is 3.70. The lowest BCUT2D eigenvalue weighted by atomic mass is 10.0. The van der Waals surface area contributed by atoms with Crippen molar-refractivity contribution < 1.29 is 14.4 Å². The number of anilines is 1. The van der Waals surface area contributed by atoms with Gasteiger partial charge in [-0.2, -0.15) is 0 Å². The van der Waals surface area contributed by atoms with E-state index in [0.717, 1.165) is 30.6 Å². The van der Waals surface area contributed by atoms with E-state index in [4.69, 9.17) is 0 Å². The fourth-order valence-electron chi connectivity index (χ4n) is 3.30. The fraction of sp³-hybridized carbons (Fsp3) is 0.348. The first-order valence-electron chi connectivity index (χ1n) is 9.85. The number of hydrogen-bond donors (Lipinski definition) is 1. The van der Waals surface area contributed by atoms with E-state index in [1.165, 1.54) is 5.56 Å². The van der Waals surface area contributed by atoms with Gasteiger partial charge in [0.1, 0.15) is 0 Å². The maximum absolute atomic E-state index is 12.2. The lowest BCUT2D eigenvalue weighted by Crippen LogP contribution is -2.24. The molecule has 0 saturated carbocycles. The van der Waals surface area contributed by atoms with Crippen LogP contribution in [0, 0.1) is 0 Å². The molecule has 0 spiro atoms. The van der Waals surface area contributed by atoms with Gasteiger partial charge in [0.2, 0.25) is 11.8 Å². The van der Waals surface area contributed by atoms with Gasteiger partial charge in [0.25, 0.3) is 0 Å². The number of carbonyl (C=O) groups excluding carboxylic acids is 3. The third kappa shape index (κ3) is 5.06. The Labute approximate surface area is 165 Å². The quantitative estimate of drug-likeness (QED) is 0.713. The molecule has 1 heterocycles. The third-order valence-electron chi connectivity index (χ3n) is 5.07. The number of benzene rings is 2. The minimum absolute atomic E-state index is 0.0163. The third-order valence-corrected chi connectivity index (χ3v) is 5.07. The van der Waals surface area contributed by atoms with Crippen LogP contribution in [0.2, 0.25) is 0 Å². The predicted octanol–water partition coefficient (Wildman–Crippen LogP) is 3.66. The molecule has 1 N–H and O–H groups in total. The van der Waals surface area contributed by atoms with Crippen molar-refractivity contribution in [3.8, 4) is 0 Å². The second-order valence-corrected chi connectivity index (χ2v) is 7.07. The number of hydrogen-bond acceptors (Lipinski definition) is 3. The molecule has 2 aromatic rings. The van der Waals surface area contributed by atoms with Crippen LogP contribution < -0.4 is 10.2 Å². The van der Waals surface area contributed by atoms with Crippen molar-refractivity contribution in [3.05, 3.63) is 65.2 Å². The van der Waals surface area contributed by atoms with Gasteiger partial charge in [-0.05, 0) is 36.1 Å². The molecule has 1 aliphatic rings. The molecule has 3 rings (SSSR count). The fourth-order valence-corrected chi connectivity index (χ4v) is 3.30. The molecule has 0 atom stereocenters. The van der Waals surface area contributed by atoms with E-state index in [0.29, 0.717) is 18.5 Å². The van der Waals surface area contributed by atoms with Gasteiger partial charge in [0.05, 0.1) is 0 Å². The number of amides is 2.